The highest BCUT2D eigenvalue weighted by Crippen LogP contribution is 2.55. The van der Waals surface area contributed by atoms with Crippen LogP contribution in [-0.2, 0) is 15.9 Å². The Morgan fingerprint density at radius 3 is 2.19 bits per heavy atom. The van der Waals surface area contributed by atoms with Crippen molar-refractivity contribution in [3.05, 3.63) is 41.0 Å². The molecule has 7 nitrogen and oxygen atoms in total. The van der Waals surface area contributed by atoms with Crippen LogP contribution in [-0.4, -0.2) is 55.6 Å². The van der Waals surface area contributed by atoms with Crippen molar-refractivity contribution < 1.29 is 33.2 Å². The van der Waals surface area contributed by atoms with Gasteiger partial charge in [0.15, 0.2) is 23.0 Å². The molecule has 168 valence electrons. The van der Waals surface area contributed by atoms with Crippen LogP contribution in [0.1, 0.15) is 22.6 Å². The normalized spacial score (nSPS) is 21.5. The van der Waals surface area contributed by atoms with Crippen LogP contribution in [0.15, 0.2) is 24.3 Å². The lowest BCUT2D eigenvalue weighted by molar-refractivity contribution is 0.0559. The minimum absolute atomic E-state index is 0.00464. The highest BCUT2D eigenvalue weighted by molar-refractivity contribution is 5.64. The van der Waals surface area contributed by atoms with E-state index in [0.29, 0.717) is 36.2 Å². The Morgan fingerprint density at radius 1 is 0.806 bits per heavy atom. The van der Waals surface area contributed by atoms with Crippen LogP contribution < -0.4 is 23.7 Å². The summed E-state index contributed by atoms with van der Waals surface area (Å²) in [5.74, 6) is 3.94. The van der Waals surface area contributed by atoms with Crippen LogP contribution in [0.2, 0.25) is 0 Å². The number of ether oxygens (including phenoxy) is 7. The van der Waals surface area contributed by atoms with Crippen molar-refractivity contribution in [2.24, 2.45) is 11.8 Å². The number of benzene rings is 2. The van der Waals surface area contributed by atoms with Crippen molar-refractivity contribution >= 4 is 0 Å². The maximum Gasteiger partial charge on any atom is 0.231 e. The van der Waals surface area contributed by atoms with Gasteiger partial charge >= 0.3 is 0 Å². The molecule has 2 aliphatic rings. The molecule has 1 unspecified atom stereocenters. The highest BCUT2D eigenvalue weighted by atomic mass is 16.7. The van der Waals surface area contributed by atoms with E-state index in [9.17, 15) is 0 Å². The van der Waals surface area contributed by atoms with Gasteiger partial charge in [-0.3, -0.25) is 0 Å². The van der Waals surface area contributed by atoms with Crippen molar-refractivity contribution in [2.45, 2.75) is 12.3 Å². The monoisotopic (exact) mass is 430 g/mol. The third-order valence-electron chi connectivity index (χ3n) is 6.29. The van der Waals surface area contributed by atoms with Crippen LogP contribution >= 0.6 is 0 Å². The van der Waals surface area contributed by atoms with Gasteiger partial charge < -0.3 is 33.2 Å². The van der Waals surface area contributed by atoms with Crippen LogP contribution in [0.25, 0.3) is 0 Å². The molecule has 0 saturated heterocycles. The minimum Gasteiger partial charge on any atom is -0.493 e. The Balaban J connectivity index is 1.93. The SMILES string of the molecule is COCC1[C@H](COC)Cc2cc(OC)c3c(c2[C@@H]1c1ccc(OC)c(OC)c1)OCO3. The second-order valence-electron chi connectivity index (χ2n) is 7.85. The van der Waals surface area contributed by atoms with Crippen molar-refractivity contribution in [2.75, 3.05) is 55.6 Å². The van der Waals surface area contributed by atoms with E-state index in [1.54, 1.807) is 35.5 Å². The van der Waals surface area contributed by atoms with Crippen molar-refractivity contribution in [3.8, 4) is 28.7 Å². The molecule has 3 atom stereocenters. The molecule has 2 aromatic carbocycles. The third kappa shape index (κ3) is 3.77. The zero-order valence-electron chi connectivity index (χ0n) is 18.7. The predicted octanol–water partition coefficient (Wildman–Crippen LogP) is 3.65. The van der Waals surface area contributed by atoms with E-state index in [4.69, 9.17) is 33.2 Å². The molecule has 0 amide bonds. The smallest absolute Gasteiger partial charge is 0.231 e. The fourth-order valence-electron chi connectivity index (χ4n) is 4.97. The molecular weight excluding hydrogens is 400 g/mol. The zero-order chi connectivity index (χ0) is 22.0. The molecule has 0 N–H and O–H groups in total. The molecule has 0 bridgehead atoms. The summed E-state index contributed by atoms with van der Waals surface area (Å²) in [7, 11) is 8.42. The fourth-order valence-corrected chi connectivity index (χ4v) is 4.97. The molecule has 0 aromatic heterocycles. The molecule has 7 heteroatoms. The Hall–Kier alpha value is -2.64. The summed E-state index contributed by atoms with van der Waals surface area (Å²) in [5.41, 5.74) is 3.40. The lowest BCUT2D eigenvalue weighted by Crippen LogP contribution is -2.36. The second-order valence-corrected chi connectivity index (χ2v) is 7.85. The first-order chi connectivity index (χ1) is 15.2. The Morgan fingerprint density at radius 2 is 1.52 bits per heavy atom. The van der Waals surface area contributed by atoms with Crippen molar-refractivity contribution in [3.63, 3.8) is 0 Å². The minimum atomic E-state index is 0.00464. The van der Waals surface area contributed by atoms with Gasteiger partial charge in [-0.2, -0.15) is 0 Å². The topological polar surface area (TPSA) is 64.6 Å². The molecule has 2 aromatic rings. The fraction of sp³-hybridized carbons (Fsp3) is 0.500. The summed E-state index contributed by atoms with van der Waals surface area (Å²) in [5, 5.41) is 0. The van der Waals surface area contributed by atoms with Crippen molar-refractivity contribution in [1.82, 2.24) is 0 Å². The number of fused-ring (bicyclic) bond motifs is 3. The first kappa shape index (κ1) is 21.6. The highest BCUT2D eigenvalue weighted by Gasteiger charge is 2.42. The van der Waals surface area contributed by atoms with Gasteiger partial charge in [0.2, 0.25) is 12.5 Å². The zero-order valence-corrected chi connectivity index (χ0v) is 18.7. The molecule has 0 radical (unpaired) electrons. The Kier molecular flexibility index (Phi) is 6.43. The predicted molar refractivity (Wildman–Crippen MR) is 115 cm³/mol. The summed E-state index contributed by atoms with van der Waals surface area (Å²) >= 11 is 0. The van der Waals surface area contributed by atoms with Gasteiger partial charge in [-0.05, 0) is 47.6 Å². The summed E-state index contributed by atoms with van der Waals surface area (Å²) < 4.78 is 39.7. The number of rotatable bonds is 8. The van der Waals surface area contributed by atoms with E-state index in [1.807, 2.05) is 12.1 Å². The quantitative estimate of drug-likeness (QED) is 0.633. The lowest BCUT2D eigenvalue weighted by Gasteiger charge is -2.40. The van der Waals surface area contributed by atoms with E-state index in [-0.39, 0.29) is 24.5 Å². The summed E-state index contributed by atoms with van der Waals surface area (Å²) in [6.45, 7) is 1.40. The first-order valence-electron chi connectivity index (χ1n) is 10.4. The lowest BCUT2D eigenvalue weighted by atomic mass is 9.66. The summed E-state index contributed by atoms with van der Waals surface area (Å²) in [6.07, 6.45) is 0.841. The maximum absolute atomic E-state index is 5.98. The second kappa shape index (κ2) is 9.24. The molecule has 4 rings (SSSR count). The van der Waals surface area contributed by atoms with E-state index in [1.165, 1.54) is 5.56 Å². The average Bonchev–Trinajstić information content (AvgIpc) is 3.29. The first-order valence-corrected chi connectivity index (χ1v) is 10.4. The molecule has 1 aliphatic heterocycles. The van der Waals surface area contributed by atoms with Gasteiger partial charge in [-0.25, -0.2) is 0 Å². The molecule has 0 fully saturated rings. The molecule has 1 heterocycles. The third-order valence-corrected chi connectivity index (χ3v) is 6.29. The van der Waals surface area contributed by atoms with Crippen LogP contribution in [0.4, 0.5) is 0 Å². The molecule has 31 heavy (non-hydrogen) atoms. The van der Waals surface area contributed by atoms with Crippen molar-refractivity contribution in [1.29, 1.82) is 0 Å². The van der Waals surface area contributed by atoms with Crippen LogP contribution in [0, 0.1) is 11.8 Å². The molecular formula is C24H30O7. The van der Waals surface area contributed by atoms with E-state index < -0.39 is 0 Å². The van der Waals surface area contributed by atoms with Gasteiger partial charge in [-0.1, -0.05) is 6.07 Å². The average molecular weight is 430 g/mol. The van der Waals surface area contributed by atoms with Crippen LogP contribution in [0.5, 0.6) is 28.7 Å². The Labute approximate surface area is 183 Å². The van der Waals surface area contributed by atoms with Crippen LogP contribution in [0.3, 0.4) is 0 Å². The van der Waals surface area contributed by atoms with Gasteiger partial charge in [0, 0.05) is 32.3 Å². The molecule has 0 saturated carbocycles. The van der Waals surface area contributed by atoms with Gasteiger partial charge in [-0.15, -0.1) is 0 Å². The van der Waals surface area contributed by atoms with Gasteiger partial charge in [0.25, 0.3) is 0 Å². The van der Waals surface area contributed by atoms with Gasteiger partial charge in [0.1, 0.15) is 0 Å². The Bertz CT molecular complexity index is 927. The standard InChI is InChI=1S/C24H30O7/c1-25-11-16-8-15-10-20(29-5)23-24(31-13-30-23)22(15)21(17(16)12-26-2)14-6-7-18(27-3)19(9-14)28-4/h6-7,9-10,16-17,21H,8,11-13H2,1-5H3/t16-,17?,21+/m0/s1. The summed E-state index contributed by atoms with van der Waals surface area (Å²) in [4.78, 5) is 0. The van der Waals surface area contributed by atoms with Gasteiger partial charge in [0.05, 0.1) is 27.9 Å². The van der Waals surface area contributed by atoms with E-state index >= 15 is 0 Å². The molecule has 1 aliphatic carbocycles. The summed E-state index contributed by atoms with van der Waals surface area (Å²) in [6, 6.07) is 8.14. The van der Waals surface area contributed by atoms with E-state index in [0.717, 1.165) is 23.3 Å². The number of hydrogen-bond acceptors (Lipinski definition) is 7. The molecule has 0 spiro atoms. The van der Waals surface area contributed by atoms with E-state index in [2.05, 4.69) is 12.1 Å². The largest absolute Gasteiger partial charge is 0.493 e. The number of methoxy groups -OCH3 is 5. The maximum atomic E-state index is 5.98. The number of hydrogen-bond donors (Lipinski definition) is 0.